The van der Waals surface area contributed by atoms with Crippen molar-refractivity contribution in [1.29, 1.82) is 0 Å². The highest BCUT2D eigenvalue weighted by Crippen LogP contribution is 2.22. The summed E-state index contributed by atoms with van der Waals surface area (Å²) in [6.45, 7) is 3.10. The number of nitrogens with one attached hydrogen (secondary N) is 1. The van der Waals surface area contributed by atoms with Crippen molar-refractivity contribution in [3.05, 3.63) is 52.3 Å². The first-order valence-corrected chi connectivity index (χ1v) is 6.91. The SMILES string of the molecule is Cc1c(C(N)=O)c(C)n(C)c1C(=O)C(=O)Nc1ccc(F)c(F)c1. The maximum atomic E-state index is 13.2. The molecule has 6 nitrogen and oxygen atoms in total. The van der Waals surface area contributed by atoms with Crippen LogP contribution in [0.2, 0.25) is 0 Å². The second kappa shape index (κ2) is 6.23. The molecule has 0 saturated carbocycles. The van der Waals surface area contributed by atoms with E-state index >= 15 is 0 Å². The van der Waals surface area contributed by atoms with Crippen LogP contribution in [0, 0.1) is 25.5 Å². The summed E-state index contributed by atoms with van der Waals surface area (Å²) in [7, 11) is 1.52. The molecule has 0 atom stereocenters. The Kier molecular flexibility index (Phi) is 4.50. The van der Waals surface area contributed by atoms with Crippen LogP contribution in [-0.4, -0.2) is 22.2 Å². The molecule has 3 N–H and O–H groups in total. The van der Waals surface area contributed by atoms with Gasteiger partial charge in [0.15, 0.2) is 11.6 Å². The molecule has 0 unspecified atom stereocenters. The Bertz CT molecular complexity index is 872. The summed E-state index contributed by atoms with van der Waals surface area (Å²) in [5.74, 6) is -4.89. The number of anilines is 1. The number of amides is 2. The normalized spacial score (nSPS) is 10.5. The van der Waals surface area contributed by atoms with Gasteiger partial charge in [0.25, 0.3) is 17.6 Å². The number of nitrogens with zero attached hydrogens (tertiary/aromatic N) is 1. The van der Waals surface area contributed by atoms with E-state index in [0.717, 1.165) is 18.2 Å². The fourth-order valence-corrected chi connectivity index (χ4v) is 2.53. The number of hydrogen-bond acceptors (Lipinski definition) is 3. The van der Waals surface area contributed by atoms with Gasteiger partial charge in [-0.05, 0) is 31.5 Å². The van der Waals surface area contributed by atoms with Crippen LogP contribution in [0.15, 0.2) is 18.2 Å². The van der Waals surface area contributed by atoms with Crippen molar-refractivity contribution in [3.8, 4) is 0 Å². The van der Waals surface area contributed by atoms with Crippen molar-refractivity contribution >= 4 is 23.3 Å². The third-order valence-corrected chi connectivity index (χ3v) is 3.78. The Labute approximate surface area is 136 Å². The molecule has 0 radical (unpaired) electrons. The van der Waals surface area contributed by atoms with Crippen LogP contribution in [0.25, 0.3) is 0 Å². The second-order valence-corrected chi connectivity index (χ2v) is 5.27. The lowest BCUT2D eigenvalue weighted by atomic mass is 10.1. The van der Waals surface area contributed by atoms with Gasteiger partial charge in [-0.1, -0.05) is 0 Å². The summed E-state index contributed by atoms with van der Waals surface area (Å²) in [5, 5.41) is 2.20. The fourth-order valence-electron chi connectivity index (χ4n) is 2.53. The average Bonchev–Trinajstić information content (AvgIpc) is 2.72. The Balaban J connectivity index is 2.35. The van der Waals surface area contributed by atoms with Gasteiger partial charge in [0.05, 0.1) is 11.3 Å². The lowest BCUT2D eigenvalue weighted by Gasteiger charge is -2.07. The number of carbonyl (C=O) groups excluding carboxylic acids is 3. The van der Waals surface area contributed by atoms with Crippen LogP contribution in [0.5, 0.6) is 0 Å². The number of aromatic nitrogens is 1. The second-order valence-electron chi connectivity index (χ2n) is 5.27. The summed E-state index contributed by atoms with van der Waals surface area (Å²) < 4.78 is 27.4. The van der Waals surface area contributed by atoms with Crippen LogP contribution in [0.4, 0.5) is 14.5 Å². The van der Waals surface area contributed by atoms with Gasteiger partial charge >= 0.3 is 0 Å². The van der Waals surface area contributed by atoms with E-state index in [4.69, 9.17) is 5.73 Å². The highest BCUT2D eigenvalue weighted by molar-refractivity contribution is 6.46. The topological polar surface area (TPSA) is 94.2 Å². The molecule has 1 aromatic heterocycles. The van der Waals surface area contributed by atoms with E-state index in [1.54, 1.807) is 6.92 Å². The lowest BCUT2D eigenvalue weighted by molar-refractivity contribution is -0.112. The van der Waals surface area contributed by atoms with Gasteiger partial charge in [-0.3, -0.25) is 14.4 Å². The molecule has 0 aliphatic heterocycles. The monoisotopic (exact) mass is 335 g/mol. The molecule has 8 heteroatoms. The van der Waals surface area contributed by atoms with Crippen LogP contribution < -0.4 is 11.1 Å². The minimum absolute atomic E-state index is 0.00128. The van der Waals surface area contributed by atoms with E-state index in [9.17, 15) is 23.2 Å². The molecule has 0 aliphatic rings. The molecule has 1 aromatic carbocycles. The Morgan fingerprint density at radius 1 is 1.12 bits per heavy atom. The zero-order valence-electron chi connectivity index (χ0n) is 13.2. The van der Waals surface area contributed by atoms with Crippen molar-refractivity contribution in [2.45, 2.75) is 13.8 Å². The highest BCUT2D eigenvalue weighted by atomic mass is 19.2. The Hall–Kier alpha value is -3.03. The highest BCUT2D eigenvalue weighted by Gasteiger charge is 2.27. The molecule has 0 spiro atoms. The fraction of sp³-hybridized carbons (Fsp3) is 0.188. The molecule has 24 heavy (non-hydrogen) atoms. The molecule has 2 rings (SSSR count). The molecule has 0 aliphatic carbocycles. The molecule has 2 aromatic rings. The number of nitrogens with two attached hydrogens (primary N) is 1. The van der Waals surface area contributed by atoms with E-state index in [-0.39, 0.29) is 22.5 Å². The molecule has 1 heterocycles. The zero-order chi connectivity index (χ0) is 18.2. The van der Waals surface area contributed by atoms with E-state index in [2.05, 4.69) is 5.32 Å². The van der Waals surface area contributed by atoms with Crippen molar-refractivity contribution < 1.29 is 23.2 Å². The smallest absolute Gasteiger partial charge is 0.298 e. The first-order valence-electron chi connectivity index (χ1n) is 6.91. The van der Waals surface area contributed by atoms with Gasteiger partial charge in [-0.2, -0.15) is 0 Å². The number of benzene rings is 1. The summed E-state index contributed by atoms with van der Waals surface area (Å²) in [6.07, 6.45) is 0. The standard InChI is InChI=1S/C16H15F2N3O3/c1-7-12(15(19)23)8(2)21(3)13(7)14(22)16(24)20-9-4-5-10(17)11(18)6-9/h4-6H,1-3H3,(H2,19,23)(H,20,24). The number of halogens is 2. The predicted octanol–water partition coefficient (Wildman–Crippen LogP) is 1.84. The van der Waals surface area contributed by atoms with E-state index in [0.29, 0.717) is 5.69 Å². The van der Waals surface area contributed by atoms with Crippen molar-refractivity contribution in [2.24, 2.45) is 12.8 Å². The summed E-state index contributed by atoms with van der Waals surface area (Å²) in [5.41, 5.74) is 6.13. The molecule has 0 fully saturated rings. The van der Waals surface area contributed by atoms with E-state index in [1.807, 2.05) is 0 Å². The van der Waals surface area contributed by atoms with E-state index in [1.165, 1.54) is 18.5 Å². The van der Waals surface area contributed by atoms with Gasteiger partial charge < -0.3 is 15.6 Å². The van der Waals surface area contributed by atoms with E-state index < -0.39 is 29.2 Å². The maximum absolute atomic E-state index is 13.2. The summed E-state index contributed by atoms with van der Waals surface area (Å²) in [4.78, 5) is 36.0. The molecule has 0 bridgehead atoms. The van der Waals surface area contributed by atoms with Gasteiger partial charge in [0.1, 0.15) is 0 Å². The first-order chi connectivity index (χ1) is 11.1. The van der Waals surface area contributed by atoms with Crippen molar-refractivity contribution in [2.75, 3.05) is 5.32 Å². The quantitative estimate of drug-likeness (QED) is 0.659. The molecular weight excluding hydrogens is 320 g/mol. The average molecular weight is 335 g/mol. The molecule has 2 amide bonds. The van der Waals surface area contributed by atoms with Crippen molar-refractivity contribution in [3.63, 3.8) is 0 Å². The van der Waals surface area contributed by atoms with Crippen LogP contribution in [-0.2, 0) is 11.8 Å². The number of Topliss-reactive ketones (excluding diaryl/α,β-unsaturated/α-hetero) is 1. The molecule has 0 saturated heterocycles. The largest absolute Gasteiger partial charge is 0.366 e. The summed E-state index contributed by atoms with van der Waals surface area (Å²) >= 11 is 0. The van der Waals surface area contributed by atoms with Gasteiger partial charge in [0.2, 0.25) is 0 Å². The number of primary amides is 1. The van der Waals surface area contributed by atoms with Crippen molar-refractivity contribution in [1.82, 2.24) is 4.57 Å². The third-order valence-electron chi connectivity index (χ3n) is 3.78. The van der Waals surface area contributed by atoms with Crippen LogP contribution >= 0.6 is 0 Å². The Morgan fingerprint density at radius 2 is 1.75 bits per heavy atom. The number of carbonyl (C=O) groups is 3. The maximum Gasteiger partial charge on any atom is 0.298 e. The predicted molar refractivity (Wildman–Crippen MR) is 82.7 cm³/mol. The first kappa shape index (κ1) is 17.3. The number of hydrogen-bond donors (Lipinski definition) is 2. The number of ketones is 1. The third kappa shape index (κ3) is 2.90. The zero-order valence-corrected chi connectivity index (χ0v) is 13.2. The lowest BCUT2D eigenvalue weighted by Crippen LogP contribution is -2.25. The number of rotatable bonds is 4. The van der Waals surface area contributed by atoms with Crippen LogP contribution in [0.3, 0.4) is 0 Å². The van der Waals surface area contributed by atoms with Crippen LogP contribution in [0.1, 0.15) is 32.1 Å². The minimum Gasteiger partial charge on any atom is -0.366 e. The minimum atomic E-state index is -1.15. The summed E-state index contributed by atoms with van der Waals surface area (Å²) in [6, 6.07) is 2.72. The van der Waals surface area contributed by atoms with Gasteiger partial charge in [-0.25, -0.2) is 8.78 Å². The van der Waals surface area contributed by atoms with Gasteiger partial charge in [0, 0.05) is 24.5 Å². The Morgan fingerprint density at radius 3 is 2.25 bits per heavy atom. The molecule has 126 valence electrons. The molecular formula is C16H15F2N3O3. The van der Waals surface area contributed by atoms with Gasteiger partial charge in [-0.15, -0.1) is 0 Å².